The van der Waals surface area contributed by atoms with E-state index in [4.69, 9.17) is 72.2 Å². The number of benzene rings is 2. The molecule has 5 saturated heterocycles. The summed E-state index contributed by atoms with van der Waals surface area (Å²) in [4.78, 5) is 144. The van der Waals surface area contributed by atoms with Crippen LogP contribution in [0.4, 0.5) is 20.1 Å². The van der Waals surface area contributed by atoms with Crippen LogP contribution in [0.25, 0.3) is 0 Å². The van der Waals surface area contributed by atoms with Gasteiger partial charge in [0.15, 0.2) is 41.9 Å². The number of aliphatic hydroxyl groups is 5. The van der Waals surface area contributed by atoms with E-state index in [1.807, 2.05) is 36.4 Å². The molecule has 0 radical (unpaired) electrons. The number of thioether (sulfide) groups is 1. The normalized spacial score (nSPS) is 28.3. The van der Waals surface area contributed by atoms with Crippen molar-refractivity contribution < 1.29 is 145 Å². The first-order valence-corrected chi connectivity index (χ1v) is 49.3. The minimum atomic E-state index is -1.83. The molecule has 7 amide bonds. The molecule has 19 unspecified atom stereocenters. The number of ketones is 2. The van der Waals surface area contributed by atoms with Crippen molar-refractivity contribution in [3.8, 4) is 40.9 Å². The van der Waals surface area contributed by atoms with Crippen LogP contribution < -0.4 is 46.7 Å². The van der Waals surface area contributed by atoms with E-state index in [1.54, 1.807) is 115 Å². The Morgan fingerprint density at radius 2 is 1.51 bits per heavy atom. The zero-order valence-electron chi connectivity index (χ0n) is 78.8. The molecule has 134 heavy (non-hydrogen) atoms. The highest BCUT2D eigenvalue weighted by atomic mass is 127. The number of hydrogen-bond donors (Lipinski definition) is 12. The Morgan fingerprint density at radius 1 is 0.821 bits per heavy atom. The lowest BCUT2D eigenvalue weighted by atomic mass is 9.64. The van der Waals surface area contributed by atoms with Crippen LogP contribution in [0.5, 0.6) is 17.2 Å². The fourth-order valence-electron chi connectivity index (χ4n) is 16.9. The van der Waals surface area contributed by atoms with Crippen molar-refractivity contribution in [3.05, 3.63) is 68.3 Å². The van der Waals surface area contributed by atoms with E-state index in [0.717, 1.165) is 18.9 Å². The monoisotopic (exact) mass is 2050 g/mol. The number of piperidine rings is 1. The largest absolute Gasteiger partial charge is 0.492 e. The van der Waals surface area contributed by atoms with Crippen LogP contribution in [0.3, 0.4) is 0 Å². The number of carboxylic acids is 1. The number of aliphatic hydroxyl groups excluding tert-OH is 4. The van der Waals surface area contributed by atoms with Gasteiger partial charge in [-0.25, -0.2) is 14.4 Å². The number of urea groups is 1. The quantitative estimate of drug-likeness (QED) is 0.00770. The third-order valence-corrected chi connectivity index (χ3v) is 29.9. The van der Waals surface area contributed by atoms with Gasteiger partial charge in [0.05, 0.1) is 102 Å². The van der Waals surface area contributed by atoms with Gasteiger partial charge in [-0.1, -0.05) is 111 Å². The summed E-state index contributed by atoms with van der Waals surface area (Å²) in [6.07, 6.45) is -15.8. The minimum Gasteiger partial charge on any atom is -0.492 e. The molecule has 0 aromatic heterocycles. The van der Waals surface area contributed by atoms with E-state index in [0.29, 0.717) is 57.6 Å². The van der Waals surface area contributed by atoms with Gasteiger partial charge in [0.1, 0.15) is 49.3 Å². The number of Topliss-reactive ketones (excluding diaryl/α,β-unsaturated/α-hetero) is 2. The predicted molar refractivity (Wildman–Crippen MR) is 503 cm³/mol. The molecule has 13 N–H and O–H groups in total. The van der Waals surface area contributed by atoms with Gasteiger partial charge in [-0.2, -0.15) is 5.48 Å². The number of anilines is 1. The Bertz CT molecular complexity index is 4500. The lowest BCUT2D eigenvalue weighted by molar-refractivity contribution is -0.340. The fraction of sp³-hybridized carbons (Fsp3) is 0.674. The van der Waals surface area contributed by atoms with E-state index >= 15 is 0 Å². The molecule has 5 heterocycles. The number of amides is 7. The summed E-state index contributed by atoms with van der Waals surface area (Å²) >= 11 is 2.76. The maximum Gasteiger partial charge on any atom is 0.410 e. The number of nitrogens with zero attached hydrogens (tertiary/aromatic N) is 2. The van der Waals surface area contributed by atoms with Gasteiger partial charge in [-0.3, -0.25) is 38.4 Å². The van der Waals surface area contributed by atoms with Crippen molar-refractivity contribution in [1.29, 1.82) is 0 Å². The molecule has 1 aliphatic carbocycles. The number of methoxy groups -OCH3 is 5. The number of likely N-dealkylation sites (tertiary alicyclic amines) is 1. The summed E-state index contributed by atoms with van der Waals surface area (Å²) < 4.78 is 80.3. The number of likely N-dealkylation sites (N-methyl/N-ethyl adjacent to an activating group) is 1. The lowest BCUT2D eigenvalue weighted by Crippen LogP contribution is -2.66. The standard InChI is InChI=1S/C92H133IN8O30S3/c1-18-20-21-22-23-27-63(70-58(36-40-132-134-49(7)8)92(117,48(5)6)44-62(104)74(70)98-90(115)122-17)128-88-81(76(108)73(51(10)126-88)99-131-68-42-61(103)83(53(12)125-68)133-86(113)69-50(9)71(93)79(82(121-16)78(69)119-14)130-87-77(109)80(120-15)75(107)52(11)127-87)129-67-43-64(118-13)59(46-123-67)101(19-2)91(116)124-45-54-30-32-57(33-31-54)96-84(110)56(26-25-37-95-89(94)114)41-60(102)72(47(3)4)97-65(105)28-24-29-66(106)100-38-34-55(35-39-100)85(111)112/h21-22,30-33,36,47-49,51-53,55-56,59,61,63-64,67-68,70,72-77,80-81,83,87-88,99,103,107-109,117H,19,24-26,28-29,34-35,37-46H2,1-17H3,(H,96,110)(H,97,105)(H,98,115)(H,111,112)(H3,94,95,114)/b22-21-,58-36+/t51?,52?,53?,56-,59?,61?,63+,64?,67?,68?,70?,72+,73?,74?,75?,76?,77?,80?,81?,83?,87?,88?,92-/m1/s1. The SMILES string of the molecule is CC#C/C=C\C#C[C@H](OC1OC(C)C(NOC2CC(O)C(SC(=O)c3c(C)c(I)c(OC4OC(C)C(O)C(OC)C4O)c(OC)c3OC)C(C)O2)C(O)C1OC1CC(OC)C(N(CC)C(=O)OCc2ccc(NC(=O)[C@H](CCCNC(N)=O)CC(=O)[C@@H](NC(=O)CCCC(=O)N3CCC(C(=O)O)CC3)C(C)C)cc2)CO1)C1/C(=C\CSSC(C)C)[C@](O)(C(C)C)CC(=O)C1NC(=O)OC. The fourth-order valence-corrected chi connectivity index (χ4v) is 20.5. The van der Waals surface area contributed by atoms with Crippen molar-refractivity contribution in [2.45, 2.75) is 293 Å². The number of primary amides is 1. The Kier molecular flexibility index (Phi) is 44.5. The van der Waals surface area contributed by atoms with Gasteiger partial charge >= 0.3 is 24.2 Å². The molecule has 6 aliphatic rings. The Hall–Kier alpha value is -7.68. The number of ether oxygens (including phenoxy) is 13. The number of carboxylic acid groups (broad SMARTS) is 1. The van der Waals surface area contributed by atoms with Crippen LogP contribution in [0.15, 0.2) is 48.1 Å². The Balaban J connectivity index is 1.000. The average Bonchev–Trinajstić information content (AvgIpc) is 0.743. The molecule has 8 rings (SSSR count). The molecule has 746 valence electrons. The van der Waals surface area contributed by atoms with Crippen LogP contribution in [0.1, 0.15) is 168 Å². The van der Waals surface area contributed by atoms with Gasteiger partial charge in [-0.05, 0) is 149 Å². The molecule has 5 aliphatic heterocycles. The van der Waals surface area contributed by atoms with E-state index < -0.39 is 210 Å². The molecule has 2 aromatic carbocycles. The highest BCUT2D eigenvalue weighted by molar-refractivity contribution is 14.1. The van der Waals surface area contributed by atoms with Gasteiger partial charge in [0.25, 0.3) is 0 Å². The second-order valence-corrected chi connectivity index (χ2v) is 39.8. The summed E-state index contributed by atoms with van der Waals surface area (Å²) in [6.45, 7) is 21.3. The molecule has 6 fully saturated rings. The molecular weight excluding hydrogens is 1920 g/mol. The second kappa shape index (κ2) is 53.5. The highest BCUT2D eigenvalue weighted by Crippen LogP contribution is 2.50. The summed E-state index contributed by atoms with van der Waals surface area (Å²) in [7, 11) is 9.67. The number of rotatable bonds is 42. The number of nitrogens with two attached hydrogens (primary N) is 1. The molecular formula is C92H133IN8O30S3. The summed E-state index contributed by atoms with van der Waals surface area (Å²) in [5.41, 5.74) is 8.03. The molecule has 23 atom stereocenters. The molecule has 38 nitrogen and oxygen atoms in total. The first-order valence-electron chi connectivity index (χ1n) is 44.9. The van der Waals surface area contributed by atoms with Gasteiger partial charge in [0.2, 0.25) is 34.9 Å². The number of aliphatic carboxylic acids is 1. The third-order valence-electron chi connectivity index (χ3n) is 24.4. The number of carbonyl (C=O) groups excluding carboxylic acids is 9. The van der Waals surface area contributed by atoms with Crippen LogP contribution >= 0.6 is 55.9 Å². The Labute approximate surface area is 808 Å². The molecule has 0 bridgehead atoms. The molecule has 2 aromatic rings. The highest BCUT2D eigenvalue weighted by Gasteiger charge is 2.57. The smallest absolute Gasteiger partial charge is 0.410 e. The Morgan fingerprint density at radius 3 is 2.12 bits per heavy atom. The summed E-state index contributed by atoms with van der Waals surface area (Å²) in [5.74, 6) is 5.28. The van der Waals surface area contributed by atoms with E-state index in [2.05, 4.69) is 50.4 Å². The first kappa shape index (κ1) is 112. The number of hydrogen-bond acceptors (Lipinski definition) is 33. The number of allylic oxidation sites excluding steroid dienone is 2. The number of halogens is 1. The van der Waals surface area contributed by atoms with E-state index in [9.17, 15) is 78.6 Å². The van der Waals surface area contributed by atoms with Gasteiger partial charge in [-0.15, -0.1) is 5.92 Å². The van der Waals surface area contributed by atoms with Crippen molar-refractivity contribution >= 4 is 120 Å². The van der Waals surface area contributed by atoms with Crippen LogP contribution in [-0.2, 0) is 87.6 Å². The van der Waals surface area contributed by atoms with E-state index in [-0.39, 0.29) is 118 Å². The maximum absolute atomic E-state index is 14.8. The maximum atomic E-state index is 14.8. The number of carbonyl (C=O) groups is 10. The number of nitrogens with one attached hydrogen (secondary N) is 5. The average molecular weight is 2050 g/mol. The van der Waals surface area contributed by atoms with Crippen LogP contribution in [0.2, 0.25) is 0 Å². The minimum absolute atomic E-state index is 0.00893. The summed E-state index contributed by atoms with van der Waals surface area (Å²) in [6, 6.07) is 1.17. The lowest BCUT2D eigenvalue weighted by Gasteiger charge is -2.49. The van der Waals surface area contributed by atoms with Crippen molar-refractivity contribution in [3.63, 3.8) is 0 Å². The van der Waals surface area contributed by atoms with E-state index in [1.165, 1.54) is 56.3 Å². The van der Waals surface area contributed by atoms with Crippen LogP contribution in [-0.4, -0.2) is 306 Å². The zero-order chi connectivity index (χ0) is 98.7. The first-order chi connectivity index (χ1) is 63.7. The molecule has 1 saturated carbocycles. The van der Waals surface area contributed by atoms with Crippen molar-refractivity contribution in [2.24, 2.45) is 35.3 Å². The third kappa shape index (κ3) is 29.9. The number of alkyl carbamates (subject to hydrolysis) is 1. The summed E-state index contributed by atoms with van der Waals surface area (Å²) in [5, 5.41) is 78.9. The molecule has 0 spiro atoms. The molecule has 42 heteroatoms. The van der Waals surface area contributed by atoms with Crippen molar-refractivity contribution in [2.75, 3.05) is 79.4 Å². The van der Waals surface area contributed by atoms with Gasteiger partial charge < -0.3 is 129 Å². The zero-order valence-corrected chi connectivity index (χ0v) is 83.4. The van der Waals surface area contributed by atoms with Crippen LogP contribution in [0, 0.1) is 63.8 Å². The van der Waals surface area contributed by atoms with Gasteiger partial charge in [0, 0.05) is 107 Å². The topological polar surface area (TPSA) is 514 Å². The number of hydroxylamine groups is 1. The predicted octanol–water partition coefficient (Wildman–Crippen LogP) is 7.37. The second-order valence-electron chi connectivity index (χ2n) is 34.6. The van der Waals surface area contributed by atoms with Crippen molar-refractivity contribution in [1.82, 2.24) is 31.2 Å².